The van der Waals surface area contributed by atoms with Crippen molar-refractivity contribution in [3.8, 4) is 0 Å². The van der Waals surface area contributed by atoms with E-state index in [0.29, 0.717) is 6.42 Å². The van der Waals surface area contributed by atoms with Crippen LogP contribution in [0.1, 0.15) is 5.56 Å². The van der Waals surface area contributed by atoms with Crippen LogP contribution in [0.3, 0.4) is 0 Å². The van der Waals surface area contributed by atoms with Crippen molar-refractivity contribution in [2.45, 2.75) is 12.1 Å². The third kappa shape index (κ3) is 2.49. The molecule has 1 aromatic carbocycles. The van der Waals surface area contributed by atoms with Gasteiger partial charge in [0.15, 0.2) is 0 Å². The van der Waals surface area contributed by atoms with Gasteiger partial charge in [0.25, 0.3) is 0 Å². The third-order valence-corrected chi connectivity index (χ3v) is 1.68. The first-order chi connectivity index (χ1) is 5.64. The molecule has 0 fully saturated rings. The molecule has 1 rings (SSSR count). The Morgan fingerprint density at radius 3 is 2.50 bits per heavy atom. The summed E-state index contributed by atoms with van der Waals surface area (Å²) in [7, 11) is 0. The van der Waals surface area contributed by atoms with Gasteiger partial charge in [0, 0.05) is 6.42 Å². The second-order valence-corrected chi connectivity index (χ2v) is 2.86. The van der Waals surface area contributed by atoms with Gasteiger partial charge in [-0.25, -0.2) is 0 Å². The van der Waals surface area contributed by atoms with Crippen molar-refractivity contribution in [3.05, 3.63) is 48.6 Å². The average Bonchev–Trinajstić information content (AvgIpc) is 2.06. The molecule has 0 saturated carbocycles. The van der Waals surface area contributed by atoms with Crippen LogP contribution in [0, 0.1) is 0 Å². The van der Waals surface area contributed by atoms with Crippen LogP contribution in [0.2, 0.25) is 0 Å². The zero-order chi connectivity index (χ0) is 9.03. The summed E-state index contributed by atoms with van der Waals surface area (Å²) in [5.41, 5.74) is 5.20. The molecular formula is C10H13NO. The van der Waals surface area contributed by atoms with E-state index in [0.717, 1.165) is 5.56 Å². The molecule has 12 heavy (non-hydrogen) atoms. The Balaban J connectivity index is 2.70. The van der Waals surface area contributed by atoms with Crippen LogP contribution in [0.15, 0.2) is 43.0 Å². The standard InChI is InChI=1S/C10H13NO/c1-2-10(11,12)8-9-6-4-3-5-7-9/h2-7,12H,1,8,11H2. The summed E-state index contributed by atoms with van der Waals surface area (Å²) in [4.78, 5) is 0. The van der Waals surface area contributed by atoms with E-state index < -0.39 is 5.72 Å². The predicted octanol–water partition coefficient (Wildman–Crippen LogP) is 1.06. The van der Waals surface area contributed by atoms with E-state index in [1.54, 1.807) is 0 Å². The minimum atomic E-state index is -1.29. The average molecular weight is 163 g/mol. The lowest BCUT2D eigenvalue weighted by Gasteiger charge is -2.17. The van der Waals surface area contributed by atoms with E-state index in [-0.39, 0.29) is 0 Å². The predicted molar refractivity (Wildman–Crippen MR) is 49.5 cm³/mol. The molecule has 0 amide bonds. The normalized spacial score (nSPS) is 15.2. The topological polar surface area (TPSA) is 46.2 Å². The molecule has 1 aromatic rings. The summed E-state index contributed by atoms with van der Waals surface area (Å²) in [6.45, 7) is 3.45. The van der Waals surface area contributed by atoms with E-state index in [9.17, 15) is 5.11 Å². The van der Waals surface area contributed by atoms with Crippen molar-refractivity contribution in [1.82, 2.24) is 0 Å². The third-order valence-electron chi connectivity index (χ3n) is 1.68. The van der Waals surface area contributed by atoms with Gasteiger partial charge in [-0.05, 0) is 11.6 Å². The lowest BCUT2D eigenvalue weighted by atomic mass is 10.0. The molecule has 0 aromatic heterocycles. The second-order valence-electron chi connectivity index (χ2n) is 2.86. The quantitative estimate of drug-likeness (QED) is 0.517. The number of hydrogen-bond acceptors (Lipinski definition) is 2. The van der Waals surface area contributed by atoms with Crippen molar-refractivity contribution < 1.29 is 5.11 Å². The SMILES string of the molecule is C=CC(N)(O)Cc1ccccc1. The van der Waals surface area contributed by atoms with Gasteiger partial charge < -0.3 is 10.8 Å². The first-order valence-corrected chi connectivity index (χ1v) is 3.83. The van der Waals surface area contributed by atoms with Gasteiger partial charge in [-0.15, -0.1) is 0 Å². The fraction of sp³-hybridized carbons (Fsp3) is 0.200. The lowest BCUT2D eigenvalue weighted by molar-refractivity contribution is 0.0992. The first-order valence-electron chi connectivity index (χ1n) is 3.83. The number of benzene rings is 1. The number of rotatable bonds is 3. The Hall–Kier alpha value is -1.12. The molecule has 64 valence electrons. The van der Waals surface area contributed by atoms with Gasteiger partial charge in [0.05, 0.1) is 0 Å². The summed E-state index contributed by atoms with van der Waals surface area (Å²) < 4.78 is 0. The molecule has 3 N–H and O–H groups in total. The molecule has 0 radical (unpaired) electrons. The van der Waals surface area contributed by atoms with Gasteiger partial charge in [-0.2, -0.15) is 0 Å². The lowest BCUT2D eigenvalue weighted by Crippen LogP contribution is -2.39. The molecular weight excluding hydrogens is 150 g/mol. The van der Waals surface area contributed by atoms with Gasteiger partial charge in [-0.1, -0.05) is 36.9 Å². The van der Waals surface area contributed by atoms with Crippen LogP contribution in [-0.2, 0) is 6.42 Å². The number of nitrogens with two attached hydrogens (primary N) is 1. The van der Waals surface area contributed by atoms with Crippen LogP contribution in [-0.4, -0.2) is 10.8 Å². The van der Waals surface area contributed by atoms with Crippen molar-refractivity contribution in [2.24, 2.45) is 5.73 Å². The smallest absolute Gasteiger partial charge is 0.136 e. The minimum Gasteiger partial charge on any atom is -0.372 e. The molecule has 2 heteroatoms. The fourth-order valence-corrected chi connectivity index (χ4v) is 0.995. The van der Waals surface area contributed by atoms with Crippen LogP contribution in [0.25, 0.3) is 0 Å². The number of hydrogen-bond donors (Lipinski definition) is 2. The highest BCUT2D eigenvalue weighted by Gasteiger charge is 2.15. The molecule has 0 bridgehead atoms. The maximum absolute atomic E-state index is 9.44. The van der Waals surface area contributed by atoms with Crippen molar-refractivity contribution in [2.75, 3.05) is 0 Å². The van der Waals surface area contributed by atoms with Crippen molar-refractivity contribution in [3.63, 3.8) is 0 Å². The van der Waals surface area contributed by atoms with E-state index in [2.05, 4.69) is 6.58 Å². The van der Waals surface area contributed by atoms with Gasteiger partial charge in [0.2, 0.25) is 0 Å². The zero-order valence-corrected chi connectivity index (χ0v) is 6.90. The molecule has 1 atom stereocenters. The highest BCUT2D eigenvalue weighted by atomic mass is 16.3. The van der Waals surface area contributed by atoms with E-state index in [1.807, 2.05) is 30.3 Å². The molecule has 0 heterocycles. The zero-order valence-electron chi connectivity index (χ0n) is 6.90. The van der Waals surface area contributed by atoms with Gasteiger partial charge in [-0.3, -0.25) is 0 Å². The van der Waals surface area contributed by atoms with Gasteiger partial charge in [0.1, 0.15) is 5.72 Å². The molecule has 0 aliphatic rings. The Morgan fingerprint density at radius 2 is 2.00 bits per heavy atom. The van der Waals surface area contributed by atoms with Gasteiger partial charge >= 0.3 is 0 Å². The van der Waals surface area contributed by atoms with Crippen molar-refractivity contribution in [1.29, 1.82) is 0 Å². The maximum atomic E-state index is 9.44. The molecule has 0 spiro atoms. The highest BCUT2D eigenvalue weighted by Crippen LogP contribution is 2.08. The molecule has 1 unspecified atom stereocenters. The molecule has 0 saturated heterocycles. The van der Waals surface area contributed by atoms with Crippen molar-refractivity contribution >= 4 is 0 Å². The molecule has 0 aliphatic heterocycles. The molecule has 2 nitrogen and oxygen atoms in total. The van der Waals surface area contributed by atoms with Crippen LogP contribution >= 0.6 is 0 Å². The molecule has 0 aliphatic carbocycles. The Morgan fingerprint density at radius 1 is 1.42 bits per heavy atom. The largest absolute Gasteiger partial charge is 0.372 e. The summed E-state index contributed by atoms with van der Waals surface area (Å²) in [5, 5.41) is 9.44. The Bertz CT molecular complexity index is 254. The Labute approximate surface area is 72.3 Å². The van der Waals surface area contributed by atoms with Crippen LogP contribution in [0.5, 0.6) is 0 Å². The fourth-order valence-electron chi connectivity index (χ4n) is 0.995. The summed E-state index contributed by atoms with van der Waals surface area (Å²) in [6.07, 6.45) is 1.75. The van der Waals surface area contributed by atoms with Crippen LogP contribution in [0.4, 0.5) is 0 Å². The summed E-state index contributed by atoms with van der Waals surface area (Å²) in [5.74, 6) is 0. The van der Waals surface area contributed by atoms with E-state index in [4.69, 9.17) is 5.73 Å². The monoisotopic (exact) mass is 163 g/mol. The highest BCUT2D eigenvalue weighted by molar-refractivity contribution is 5.18. The number of aliphatic hydroxyl groups is 1. The minimum absolute atomic E-state index is 0.400. The summed E-state index contributed by atoms with van der Waals surface area (Å²) >= 11 is 0. The van der Waals surface area contributed by atoms with E-state index >= 15 is 0 Å². The summed E-state index contributed by atoms with van der Waals surface area (Å²) in [6, 6.07) is 9.58. The van der Waals surface area contributed by atoms with Crippen LogP contribution < -0.4 is 5.73 Å². The first kappa shape index (κ1) is 8.97. The Kier molecular flexibility index (Phi) is 2.63. The van der Waals surface area contributed by atoms with E-state index in [1.165, 1.54) is 6.08 Å². The second kappa shape index (κ2) is 3.52. The maximum Gasteiger partial charge on any atom is 0.136 e.